The number of hydrogen-bond acceptors (Lipinski definition) is 3. The standard InChI is InChI=1S/C12H16F4N4O/c1-7(6-21-2)18-11(20-17)19-10-5-8(12(14,15)16)3-4-9(10)13/h3-5,7H,6,17H2,1-2H3,(H2,18,19,20). The summed E-state index contributed by atoms with van der Waals surface area (Å²) in [4.78, 5) is 4.01. The minimum atomic E-state index is -4.57. The van der Waals surface area contributed by atoms with E-state index >= 15 is 0 Å². The Kier molecular flexibility index (Phi) is 5.91. The van der Waals surface area contributed by atoms with Crippen LogP contribution in [0.3, 0.4) is 0 Å². The van der Waals surface area contributed by atoms with E-state index in [2.05, 4.69) is 15.7 Å². The van der Waals surface area contributed by atoms with Crippen LogP contribution in [0.2, 0.25) is 0 Å². The number of benzene rings is 1. The first-order chi connectivity index (χ1) is 9.77. The Morgan fingerprint density at radius 3 is 2.62 bits per heavy atom. The third-order valence-electron chi connectivity index (χ3n) is 2.44. The number of hydrazine groups is 1. The fraction of sp³-hybridized carbons (Fsp3) is 0.417. The minimum Gasteiger partial charge on any atom is -0.382 e. The van der Waals surface area contributed by atoms with Gasteiger partial charge in [0.1, 0.15) is 5.82 Å². The second-order valence-corrected chi connectivity index (χ2v) is 4.24. The maximum absolute atomic E-state index is 13.6. The van der Waals surface area contributed by atoms with Gasteiger partial charge in [0, 0.05) is 7.11 Å². The highest BCUT2D eigenvalue weighted by atomic mass is 19.4. The zero-order valence-corrected chi connectivity index (χ0v) is 11.5. The van der Waals surface area contributed by atoms with Crippen LogP contribution >= 0.6 is 0 Å². The fourth-order valence-electron chi connectivity index (χ4n) is 1.53. The number of nitrogens with zero attached hydrogens (tertiary/aromatic N) is 1. The van der Waals surface area contributed by atoms with Crippen LogP contribution in [0.5, 0.6) is 0 Å². The zero-order valence-electron chi connectivity index (χ0n) is 11.5. The summed E-state index contributed by atoms with van der Waals surface area (Å²) >= 11 is 0. The topological polar surface area (TPSA) is 71.7 Å². The summed E-state index contributed by atoms with van der Waals surface area (Å²) < 4.78 is 56.2. The second-order valence-electron chi connectivity index (χ2n) is 4.24. The van der Waals surface area contributed by atoms with Crippen LogP contribution in [0.4, 0.5) is 23.2 Å². The predicted molar refractivity (Wildman–Crippen MR) is 71.1 cm³/mol. The number of nitrogens with one attached hydrogen (secondary N) is 2. The number of rotatable bonds is 4. The van der Waals surface area contributed by atoms with Crippen molar-refractivity contribution in [1.29, 1.82) is 0 Å². The van der Waals surface area contributed by atoms with E-state index in [9.17, 15) is 17.6 Å². The maximum atomic E-state index is 13.6. The molecule has 21 heavy (non-hydrogen) atoms. The lowest BCUT2D eigenvalue weighted by Crippen LogP contribution is -2.37. The van der Waals surface area contributed by atoms with Crippen LogP contribution in [0.25, 0.3) is 0 Å². The number of nitrogens with two attached hydrogens (primary N) is 1. The molecular weight excluding hydrogens is 292 g/mol. The number of hydrogen-bond donors (Lipinski definition) is 3. The molecule has 0 bridgehead atoms. The molecule has 4 N–H and O–H groups in total. The molecule has 0 spiro atoms. The summed E-state index contributed by atoms with van der Waals surface area (Å²) in [6.45, 7) is 1.98. The molecule has 0 aliphatic rings. The number of guanidine groups is 1. The van der Waals surface area contributed by atoms with E-state index in [0.717, 1.165) is 6.07 Å². The molecule has 1 aromatic carbocycles. The number of alkyl halides is 3. The van der Waals surface area contributed by atoms with Gasteiger partial charge in [-0.15, -0.1) is 0 Å². The van der Waals surface area contributed by atoms with E-state index in [1.165, 1.54) is 7.11 Å². The van der Waals surface area contributed by atoms with Crippen molar-refractivity contribution in [3.63, 3.8) is 0 Å². The van der Waals surface area contributed by atoms with Crippen molar-refractivity contribution in [3.05, 3.63) is 29.6 Å². The number of methoxy groups -OCH3 is 1. The molecule has 9 heteroatoms. The summed E-state index contributed by atoms with van der Waals surface area (Å²) in [5, 5.41) is 2.38. The Labute approximate surface area is 119 Å². The average Bonchev–Trinajstić information content (AvgIpc) is 2.39. The fourth-order valence-corrected chi connectivity index (χ4v) is 1.53. The lowest BCUT2D eigenvalue weighted by atomic mass is 10.2. The van der Waals surface area contributed by atoms with E-state index in [1.807, 2.05) is 0 Å². The first-order valence-electron chi connectivity index (χ1n) is 5.95. The van der Waals surface area contributed by atoms with Gasteiger partial charge in [0.25, 0.3) is 0 Å². The van der Waals surface area contributed by atoms with Crippen LogP contribution in [-0.4, -0.2) is 25.7 Å². The van der Waals surface area contributed by atoms with Crippen molar-refractivity contribution in [2.24, 2.45) is 10.8 Å². The van der Waals surface area contributed by atoms with Crippen LogP contribution in [-0.2, 0) is 10.9 Å². The Bertz CT molecular complexity index is 505. The van der Waals surface area contributed by atoms with Gasteiger partial charge in [-0.2, -0.15) is 13.2 Å². The van der Waals surface area contributed by atoms with E-state index in [4.69, 9.17) is 10.6 Å². The van der Waals surface area contributed by atoms with Gasteiger partial charge in [-0.3, -0.25) is 5.43 Å². The molecule has 0 amide bonds. The lowest BCUT2D eigenvalue weighted by Gasteiger charge is -2.14. The van der Waals surface area contributed by atoms with Crippen LogP contribution in [0.15, 0.2) is 23.2 Å². The van der Waals surface area contributed by atoms with Crippen molar-refractivity contribution in [2.45, 2.75) is 19.1 Å². The molecule has 0 aliphatic heterocycles. The highest BCUT2D eigenvalue weighted by Crippen LogP contribution is 2.31. The van der Waals surface area contributed by atoms with Gasteiger partial charge in [0.05, 0.1) is 23.9 Å². The van der Waals surface area contributed by atoms with Crippen molar-refractivity contribution >= 4 is 11.6 Å². The van der Waals surface area contributed by atoms with Crippen LogP contribution in [0, 0.1) is 5.82 Å². The summed E-state index contributed by atoms with van der Waals surface area (Å²) in [7, 11) is 1.47. The number of aliphatic imine (C=N–C) groups is 1. The summed E-state index contributed by atoms with van der Waals surface area (Å²) in [6.07, 6.45) is -4.57. The molecule has 0 heterocycles. The SMILES string of the molecule is COCC(C)N=C(NN)Nc1cc(C(F)(F)F)ccc1F. The number of ether oxygens (including phenoxy) is 1. The van der Waals surface area contributed by atoms with Crippen molar-refractivity contribution in [2.75, 3.05) is 19.0 Å². The molecule has 1 rings (SSSR count). The Balaban J connectivity index is 2.99. The van der Waals surface area contributed by atoms with Crippen molar-refractivity contribution in [3.8, 4) is 0 Å². The Morgan fingerprint density at radius 1 is 1.43 bits per heavy atom. The van der Waals surface area contributed by atoms with Gasteiger partial charge in [0.15, 0.2) is 0 Å². The quantitative estimate of drug-likeness (QED) is 0.262. The first kappa shape index (κ1) is 17.2. The second kappa shape index (κ2) is 7.23. The number of anilines is 1. The monoisotopic (exact) mass is 308 g/mol. The van der Waals surface area contributed by atoms with Gasteiger partial charge < -0.3 is 10.1 Å². The first-order valence-corrected chi connectivity index (χ1v) is 5.95. The largest absolute Gasteiger partial charge is 0.416 e. The lowest BCUT2D eigenvalue weighted by molar-refractivity contribution is -0.137. The third-order valence-corrected chi connectivity index (χ3v) is 2.44. The van der Waals surface area contributed by atoms with Crippen LogP contribution in [0.1, 0.15) is 12.5 Å². The summed E-state index contributed by atoms with van der Waals surface area (Å²) in [6, 6.07) is 1.70. The van der Waals surface area contributed by atoms with E-state index < -0.39 is 17.6 Å². The van der Waals surface area contributed by atoms with Gasteiger partial charge in [-0.1, -0.05) is 0 Å². The van der Waals surface area contributed by atoms with E-state index in [-0.39, 0.29) is 24.3 Å². The van der Waals surface area contributed by atoms with Gasteiger partial charge in [-0.25, -0.2) is 15.2 Å². The maximum Gasteiger partial charge on any atom is 0.416 e. The molecule has 5 nitrogen and oxygen atoms in total. The highest BCUT2D eigenvalue weighted by molar-refractivity contribution is 5.93. The third kappa shape index (κ3) is 5.20. The smallest absolute Gasteiger partial charge is 0.382 e. The molecule has 1 unspecified atom stereocenters. The van der Waals surface area contributed by atoms with Gasteiger partial charge in [-0.05, 0) is 25.1 Å². The normalized spacial score (nSPS) is 14.0. The van der Waals surface area contributed by atoms with Gasteiger partial charge in [0.2, 0.25) is 5.96 Å². The van der Waals surface area contributed by atoms with Gasteiger partial charge >= 0.3 is 6.18 Å². The summed E-state index contributed by atoms with van der Waals surface area (Å²) in [5.74, 6) is 4.28. The predicted octanol–water partition coefficient (Wildman–Crippen LogP) is 2.11. The molecule has 0 saturated carbocycles. The van der Waals surface area contributed by atoms with E-state index in [0.29, 0.717) is 12.1 Å². The van der Waals surface area contributed by atoms with E-state index in [1.54, 1.807) is 6.92 Å². The molecule has 0 aromatic heterocycles. The Morgan fingerprint density at radius 2 is 2.10 bits per heavy atom. The zero-order chi connectivity index (χ0) is 16.0. The molecule has 0 fully saturated rings. The van der Waals surface area contributed by atoms with Crippen molar-refractivity contribution in [1.82, 2.24) is 5.43 Å². The molecule has 1 aromatic rings. The van der Waals surface area contributed by atoms with Crippen LogP contribution < -0.4 is 16.6 Å². The average molecular weight is 308 g/mol. The minimum absolute atomic E-state index is 0.0715. The molecular formula is C12H16F4N4O. The molecule has 0 saturated heterocycles. The Hall–Kier alpha value is -1.87. The summed E-state index contributed by atoms with van der Waals surface area (Å²) in [5.41, 5.74) is 0.799. The number of halogens is 4. The molecule has 0 aliphatic carbocycles. The molecule has 118 valence electrons. The highest BCUT2D eigenvalue weighted by Gasteiger charge is 2.31. The molecule has 1 atom stereocenters. The van der Waals surface area contributed by atoms with Crippen molar-refractivity contribution < 1.29 is 22.3 Å². The molecule has 0 radical (unpaired) electrons.